The molecule has 0 fully saturated rings. The van der Waals surface area contributed by atoms with Crippen LogP contribution in [0.4, 0.5) is 5.69 Å². The van der Waals surface area contributed by atoms with E-state index < -0.39 is 5.25 Å². The van der Waals surface area contributed by atoms with E-state index in [0.717, 1.165) is 11.3 Å². The zero-order chi connectivity index (χ0) is 14.1. The van der Waals surface area contributed by atoms with E-state index in [1.807, 2.05) is 31.2 Å². The Morgan fingerprint density at radius 1 is 1.40 bits per heavy atom. The topological polar surface area (TPSA) is 76.9 Å². The molecule has 1 atom stereocenters. The number of carbonyl (C=O) groups excluding carboxylic acids is 2. The van der Waals surface area contributed by atoms with Crippen molar-refractivity contribution in [1.82, 2.24) is 14.8 Å². The lowest BCUT2D eigenvalue weighted by Crippen LogP contribution is -2.24. The molecule has 1 N–H and O–H groups in total. The van der Waals surface area contributed by atoms with Gasteiger partial charge in [0.15, 0.2) is 5.16 Å². The van der Waals surface area contributed by atoms with E-state index in [0.29, 0.717) is 5.16 Å². The fourth-order valence-electron chi connectivity index (χ4n) is 1.92. The second-order valence-electron chi connectivity index (χ2n) is 4.52. The van der Waals surface area contributed by atoms with Gasteiger partial charge in [-0.2, -0.15) is 9.78 Å². The average molecular weight is 288 g/mol. The van der Waals surface area contributed by atoms with Crippen LogP contribution in [0.2, 0.25) is 0 Å². The number of anilines is 1. The molecule has 2 heterocycles. The van der Waals surface area contributed by atoms with Gasteiger partial charge in [0, 0.05) is 12.1 Å². The van der Waals surface area contributed by atoms with E-state index in [9.17, 15) is 9.59 Å². The first-order valence-corrected chi connectivity index (χ1v) is 6.99. The van der Waals surface area contributed by atoms with Crippen LogP contribution in [0.3, 0.4) is 0 Å². The molecule has 0 radical (unpaired) electrons. The summed E-state index contributed by atoms with van der Waals surface area (Å²) in [7, 11) is 0. The van der Waals surface area contributed by atoms with Crippen molar-refractivity contribution in [1.29, 1.82) is 0 Å². The molecule has 0 saturated carbocycles. The predicted octanol–water partition coefficient (Wildman–Crippen LogP) is 1.73. The summed E-state index contributed by atoms with van der Waals surface area (Å²) in [6.07, 6.45) is 1.45. The van der Waals surface area contributed by atoms with E-state index in [4.69, 9.17) is 0 Å². The van der Waals surface area contributed by atoms with Crippen LogP contribution in [-0.4, -0.2) is 31.8 Å². The number of amides is 1. The van der Waals surface area contributed by atoms with Crippen molar-refractivity contribution >= 4 is 29.3 Å². The van der Waals surface area contributed by atoms with Crippen LogP contribution in [0.5, 0.6) is 0 Å². The Hall–Kier alpha value is -2.15. The lowest BCUT2D eigenvalue weighted by molar-refractivity contribution is -0.116. The van der Waals surface area contributed by atoms with Crippen molar-refractivity contribution in [3.8, 4) is 0 Å². The van der Waals surface area contributed by atoms with E-state index in [1.165, 1.54) is 22.8 Å². The van der Waals surface area contributed by atoms with Crippen LogP contribution >= 0.6 is 11.8 Å². The first-order chi connectivity index (χ1) is 9.63. The number of hydrogen-bond donors (Lipinski definition) is 1. The van der Waals surface area contributed by atoms with Crippen molar-refractivity contribution in [2.45, 2.75) is 23.8 Å². The number of aromatic nitrogens is 3. The minimum absolute atomic E-state index is 0.114. The summed E-state index contributed by atoms with van der Waals surface area (Å²) in [6, 6.07) is 7.52. The summed E-state index contributed by atoms with van der Waals surface area (Å²) >= 11 is 1.27. The van der Waals surface area contributed by atoms with Gasteiger partial charge >= 0.3 is 0 Å². The Balaban J connectivity index is 1.62. The number of nitrogens with one attached hydrogen (secondary N) is 1. The quantitative estimate of drug-likeness (QED) is 0.930. The smallest absolute Gasteiger partial charge is 0.263 e. The number of carbonyl (C=O) groups is 2. The Labute approximate surface area is 119 Å². The molecule has 1 amide bonds. The predicted molar refractivity (Wildman–Crippen MR) is 74.7 cm³/mol. The van der Waals surface area contributed by atoms with Gasteiger partial charge in [-0.1, -0.05) is 29.5 Å². The molecule has 2 aromatic rings. The third-order valence-corrected chi connectivity index (χ3v) is 4.10. The van der Waals surface area contributed by atoms with Crippen LogP contribution in [0, 0.1) is 6.92 Å². The molecule has 1 aliphatic heterocycles. The van der Waals surface area contributed by atoms with Crippen LogP contribution in [0.25, 0.3) is 0 Å². The summed E-state index contributed by atoms with van der Waals surface area (Å²) in [4.78, 5) is 27.9. The Morgan fingerprint density at radius 3 is 2.85 bits per heavy atom. The molecular weight excluding hydrogens is 276 g/mol. The molecule has 1 aromatic heterocycles. The molecular formula is C13H12N4O2S. The average Bonchev–Trinajstić information content (AvgIpc) is 2.97. The third-order valence-electron chi connectivity index (χ3n) is 2.95. The summed E-state index contributed by atoms with van der Waals surface area (Å²) in [5, 5.41) is 6.71. The Kier molecular flexibility index (Phi) is 3.27. The van der Waals surface area contributed by atoms with Crippen molar-refractivity contribution < 1.29 is 9.59 Å². The van der Waals surface area contributed by atoms with E-state index in [2.05, 4.69) is 15.4 Å². The summed E-state index contributed by atoms with van der Waals surface area (Å²) in [6.45, 7) is 1.98. The molecule has 6 nitrogen and oxygen atoms in total. The maximum Gasteiger partial charge on any atom is 0.263 e. The molecule has 102 valence electrons. The van der Waals surface area contributed by atoms with Gasteiger partial charge in [-0.15, -0.1) is 0 Å². The molecule has 0 unspecified atom stereocenters. The normalized spacial score (nSPS) is 17.1. The van der Waals surface area contributed by atoms with Gasteiger partial charge in [0.05, 0.1) is 0 Å². The highest BCUT2D eigenvalue weighted by Gasteiger charge is 2.34. The zero-order valence-electron chi connectivity index (χ0n) is 10.7. The molecule has 0 aliphatic carbocycles. The van der Waals surface area contributed by atoms with Crippen LogP contribution in [0.15, 0.2) is 35.7 Å². The second-order valence-corrected chi connectivity index (χ2v) is 5.69. The molecule has 1 aromatic carbocycles. The summed E-state index contributed by atoms with van der Waals surface area (Å²) in [5.74, 6) is -0.382. The summed E-state index contributed by atoms with van der Waals surface area (Å²) < 4.78 is 1.24. The van der Waals surface area contributed by atoms with Gasteiger partial charge in [0.2, 0.25) is 5.91 Å². The van der Waals surface area contributed by atoms with Gasteiger partial charge < -0.3 is 5.32 Å². The SMILES string of the molecule is Cc1ccc(NC(=O)C[C@@H]2Sc3ncnn3C2=O)cc1. The fourth-order valence-corrected chi connectivity index (χ4v) is 2.96. The standard InChI is InChI=1S/C13H12N4O2S/c1-8-2-4-9(5-3-8)16-11(18)6-10-12(19)17-13(20-10)14-7-15-17/h2-5,7,10H,6H2,1H3,(H,16,18)/t10-/m0/s1. The Morgan fingerprint density at radius 2 is 2.15 bits per heavy atom. The van der Waals surface area contributed by atoms with E-state index in [-0.39, 0.29) is 18.2 Å². The van der Waals surface area contributed by atoms with Gasteiger partial charge in [0.25, 0.3) is 5.91 Å². The van der Waals surface area contributed by atoms with E-state index in [1.54, 1.807) is 0 Å². The highest BCUT2D eigenvalue weighted by atomic mass is 32.2. The molecule has 20 heavy (non-hydrogen) atoms. The first-order valence-electron chi connectivity index (χ1n) is 6.11. The lowest BCUT2D eigenvalue weighted by Gasteiger charge is -2.08. The fraction of sp³-hybridized carbons (Fsp3) is 0.231. The van der Waals surface area contributed by atoms with Crippen molar-refractivity contribution in [2.24, 2.45) is 0 Å². The maximum absolute atomic E-state index is 12.0. The van der Waals surface area contributed by atoms with Gasteiger partial charge in [-0.05, 0) is 19.1 Å². The minimum Gasteiger partial charge on any atom is -0.326 e. The van der Waals surface area contributed by atoms with Crippen LogP contribution in [-0.2, 0) is 4.79 Å². The van der Waals surface area contributed by atoms with Crippen LogP contribution < -0.4 is 5.32 Å². The third kappa shape index (κ3) is 2.44. The number of hydrogen-bond acceptors (Lipinski definition) is 5. The van der Waals surface area contributed by atoms with Gasteiger partial charge in [-0.25, -0.2) is 4.98 Å². The lowest BCUT2D eigenvalue weighted by atomic mass is 10.2. The second kappa shape index (κ2) is 5.09. The maximum atomic E-state index is 12.0. The van der Waals surface area contributed by atoms with Crippen molar-refractivity contribution in [3.63, 3.8) is 0 Å². The molecule has 0 bridgehead atoms. The molecule has 3 rings (SSSR count). The molecule has 0 saturated heterocycles. The summed E-state index contributed by atoms with van der Waals surface area (Å²) in [5.41, 5.74) is 1.85. The van der Waals surface area contributed by atoms with Gasteiger partial charge in [0.1, 0.15) is 11.6 Å². The number of thioether (sulfide) groups is 1. The monoisotopic (exact) mass is 288 g/mol. The molecule has 1 aliphatic rings. The minimum atomic E-state index is -0.448. The number of benzene rings is 1. The number of aryl methyl sites for hydroxylation is 1. The zero-order valence-corrected chi connectivity index (χ0v) is 11.6. The highest BCUT2D eigenvalue weighted by Crippen LogP contribution is 2.31. The number of fused-ring (bicyclic) bond motifs is 1. The van der Waals surface area contributed by atoms with Crippen molar-refractivity contribution in [2.75, 3.05) is 5.32 Å². The number of nitrogens with zero attached hydrogens (tertiary/aromatic N) is 3. The van der Waals surface area contributed by atoms with Crippen molar-refractivity contribution in [3.05, 3.63) is 36.2 Å². The first kappa shape index (κ1) is 12.9. The Bertz CT molecular complexity index is 665. The van der Waals surface area contributed by atoms with Crippen LogP contribution in [0.1, 0.15) is 16.8 Å². The number of rotatable bonds is 3. The largest absolute Gasteiger partial charge is 0.326 e. The van der Waals surface area contributed by atoms with Gasteiger partial charge in [-0.3, -0.25) is 9.59 Å². The van der Waals surface area contributed by atoms with E-state index >= 15 is 0 Å². The molecule has 7 heteroatoms. The highest BCUT2D eigenvalue weighted by molar-refractivity contribution is 8.00. The molecule has 0 spiro atoms.